The molecule has 1 heteroatoms. The Balaban J connectivity index is 1.25. The molecule has 0 fully saturated rings. The third-order valence-electron chi connectivity index (χ3n) is 11.3. The number of fused-ring (bicyclic) bond motifs is 10. The largest absolute Gasteiger partial charge is 0.248 e. The van der Waals surface area contributed by atoms with E-state index in [-0.39, 0.29) is 0 Å². The van der Waals surface area contributed by atoms with E-state index in [9.17, 15) is 0 Å². The smallest absolute Gasteiger partial charge is 0.0725 e. The van der Waals surface area contributed by atoms with Crippen LogP contribution in [0, 0.1) is 0 Å². The van der Waals surface area contributed by atoms with E-state index in [0.29, 0.717) is 5.92 Å². The minimum Gasteiger partial charge on any atom is -0.248 e. The monoisotopic (exact) mass is 663 g/mol. The van der Waals surface area contributed by atoms with Gasteiger partial charge in [0.05, 0.1) is 16.8 Å². The van der Waals surface area contributed by atoms with E-state index in [2.05, 4.69) is 196 Å². The van der Waals surface area contributed by atoms with Gasteiger partial charge in [-0.05, 0) is 96.4 Å². The van der Waals surface area contributed by atoms with Crippen LogP contribution in [0.25, 0.3) is 67.0 Å². The molecule has 8 aromatic rings. The van der Waals surface area contributed by atoms with Crippen LogP contribution in [0.1, 0.15) is 47.6 Å². The first-order valence-corrected chi connectivity index (χ1v) is 18.3. The fourth-order valence-corrected chi connectivity index (χ4v) is 8.90. The lowest BCUT2D eigenvalue weighted by Gasteiger charge is -2.30. The van der Waals surface area contributed by atoms with Crippen LogP contribution < -0.4 is 0 Å². The summed E-state index contributed by atoms with van der Waals surface area (Å²) < 4.78 is 0. The number of nitrogens with zero attached hydrogens (tertiary/aromatic N) is 1. The number of rotatable bonds is 5. The highest BCUT2D eigenvalue weighted by atomic mass is 14.7. The van der Waals surface area contributed by atoms with Crippen molar-refractivity contribution in [2.75, 3.05) is 0 Å². The van der Waals surface area contributed by atoms with E-state index in [0.717, 1.165) is 22.5 Å². The van der Waals surface area contributed by atoms with E-state index < -0.39 is 5.41 Å². The van der Waals surface area contributed by atoms with Crippen LogP contribution >= 0.6 is 0 Å². The van der Waals surface area contributed by atoms with Gasteiger partial charge >= 0.3 is 0 Å². The predicted molar refractivity (Wildman–Crippen MR) is 216 cm³/mol. The third-order valence-corrected chi connectivity index (χ3v) is 11.3. The highest BCUT2D eigenvalue weighted by Crippen LogP contribution is 2.63. The standard InChI is InChI=1S/C51H37N/c1-33(2)36-28-37(34-16-5-3-6-17-34)30-38(29-36)39-31-48(35-18-7-4-8-19-35)52-49(32-39)43-23-15-27-47-50(43)42-22-11-14-26-46(42)51(47)44-24-12-9-20-40(44)41-21-10-13-25-45(41)51/h3-33H,1-2H3. The van der Waals surface area contributed by atoms with E-state index in [1.807, 2.05) is 0 Å². The first-order chi connectivity index (χ1) is 25.6. The zero-order chi connectivity index (χ0) is 34.8. The summed E-state index contributed by atoms with van der Waals surface area (Å²) in [5.74, 6) is 0.388. The first kappa shape index (κ1) is 30.5. The van der Waals surface area contributed by atoms with Gasteiger partial charge in [-0.3, -0.25) is 0 Å². The Hall–Kier alpha value is -6.31. The van der Waals surface area contributed by atoms with Gasteiger partial charge in [-0.2, -0.15) is 0 Å². The molecule has 0 N–H and O–H groups in total. The van der Waals surface area contributed by atoms with E-state index in [4.69, 9.17) is 4.98 Å². The Bertz CT molecular complexity index is 2600. The summed E-state index contributed by atoms with van der Waals surface area (Å²) in [4.78, 5) is 5.49. The van der Waals surface area contributed by atoms with Crippen molar-refractivity contribution in [1.29, 1.82) is 0 Å². The summed E-state index contributed by atoms with van der Waals surface area (Å²) in [7, 11) is 0. The van der Waals surface area contributed by atoms with Crippen LogP contribution in [-0.2, 0) is 5.41 Å². The Morgan fingerprint density at radius 2 is 0.827 bits per heavy atom. The van der Waals surface area contributed by atoms with E-state index in [1.54, 1.807) is 0 Å². The van der Waals surface area contributed by atoms with Crippen molar-refractivity contribution >= 4 is 0 Å². The molecule has 7 aromatic carbocycles. The maximum Gasteiger partial charge on any atom is 0.0725 e. The van der Waals surface area contributed by atoms with Gasteiger partial charge in [0, 0.05) is 11.1 Å². The van der Waals surface area contributed by atoms with Crippen molar-refractivity contribution in [1.82, 2.24) is 4.98 Å². The van der Waals surface area contributed by atoms with Crippen molar-refractivity contribution in [3.8, 4) is 67.0 Å². The van der Waals surface area contributed by atoms with Gasteiger partial charge in [-0.15, -0.1) is 0 Å². The quantitative estimate of drug-likeness (QED) is 0.179. The maximum absolute atomic E-state index is 5.49. The summed E-state index contributed by atoms with van der Waals surface area (Å²) in [6.07, 6.45) is 0. The van der Waals surface area contributed by atoms with Gasteiger partial charge in [0.2, 0.25) is 0 Å². The molecule has 0 bridgehead atoms. The summed E-state index contributed by atoms with van der Waals surface area (Å²) in [5.41, 5.74) is 20.5. The fourth-order valence-electron chi connectivity index (χ4n) is 8.90. The lowest BCUT2D eigenvalue weighted by molar-refractivity contribution is 0.794. The van der Waals surface area contributed by atoms with Gasteiger partial charge in [0.15, 0.2) is 0 Å². The lowest BCUT2D eigenvalue weighted by Crippen LogP contribution is -2.25. The molecule has 1 aromatic heterocycles. The summed E-state index contributed by atoms with van der Waals surface area (Å²) >= 11 is 0. The van der Waals surface area contributed by atoms with Crippen LogP contribution in [-0.4, -0.2) is 4.98 Å². The average Bonchev–Trinajstić information content (AvgIpc) is 3.69. The second kappa shape index (κ2) is 11.9. The van der Waals surface area contributed by atoms with Crippen LogP contribution in [0.4, 0.5) is 0 Å². The van der Waals surface area contributed by atoms with Crippen molar-refractivity contribution in [3.05, 3.63) is 210 Å². The highest BCUT2D eigenvalue weighted by Gasteiger charge is 2.52. The molecule has 0 radical (unpaired) electrons. The second-order valence-corrected chi connectivity index (χ2v) is 14.5. The van der Waals surface area contributed by atoms with Gasteiger partial charge < -0.3 is 0 Å². The molecule has 246 valence electrons. The van der Waals surface area contributed by atoms with Crippen molar-refractivity contribution < 1.29 is 0 Å². The van der Waals surface area contributed by atoms with Crippen LogP contribution in [0.2, 0.25) is 0 Å². The van der Waals surface area contributed by atoms with E-state index in [1.165, 1.54) is 72.3 Å². The van der Waals surface area contributed by atoms with Gasteiger partial charge in [0.25, 0.3) is 0 Å². The Morgan fingerprint density at radius 3 is 1.46 bits per heavy atom. The first-order valence-electron chi connectivity index (χ1n) is 18.3. The molecule has 52 heavy (non-hydrogen) atoms. The van der Waals surface area contributed by atoms with Crippen LogP contribution in [0.3, 0.4) is 0 Å². The number of aromatic nitrogens is 1. The molecule has 0 saturated carbocycles. The lowest BCUT2D eigenvalue weighted by atomic mass is 9.70. The molecule has 1 spiro atoms. The Labute approximate surface area is 305 Å². The Kier molecular flexibility index (Phi) is 6.98. The van der Waals surface area contributed by atoms with Crippen molar-refractivity contribution in [2.45, 2.75) is 25.2 Å². The zero-order valence-electron chi connectivity index (χ0n) is 29.3. The van der Waals surface area contributed by atoms with Crippen LogP contribution in [0.5, 0.6) is 0 Å². The van der Waals surface area contributed by atoms with Crippen molar-refractivity contribution in [3.63, 3.8) is 0 Å². The normalized spacial score (nSPS) is 13.1. The number of hydrogen-bond acceptors (Lipinski definition) is 1. The van der Waals surface area contributed by atoms with Gasteiger partial charge in [-0.1, -0.05) is 178 Å². The Morgan fingerprint density at radius 1 is 0.365 bits per heavy atom. The second-order valence-electron chi connectivity index (χ2n) is 14.5. The minimum absolute atomic E-state index is 0.388. The zero-order valence-corrected chi connectivity index (χ0v) is 29.3. The maximum atomic E-state index is 5.49. The number of benzene rings is 7. The summed E-state index contributed by atoms with van der Waals surface area (Å²) in [6, 6.07) is 67.0. The average molecular weight is 664 g/mol. The van der Waals surface area contributed by atoms with Gasteiger partial charge in [0.1, 0.15) is 0 Å². The van der Waals surface area contributed by atoms with Crippen LogP contribution in [0.15, 0.2) is 182 Å². The summed E-state index contributed by atoms with van der Waals surface area (Å²) in [6.45, 7) is 4.56. The molecule has 2 aliphatic carbocycles. The molecule has 0 aliphatic heterocycles. The third kappa shape index (κ3) is 4.52. The minimum atomic E-state index is -0.398. The molecular weight excluding hydrogens is 627 g/mol. The molecule has 1 heterocycles. The molecular formula is C51H37N. The predicted octanol–water partition coefficient (Wildman–Crippen LogP) is 13.2. The number of pyridine rings is 1. The SMILES string of the molecule is CC(C)c1cc(-c2ccccc2)cc(-c2cc(-c3ccccc3)nc(-c3cccc4c3-c3ccccc3C43c4ccccc4-c4ccccc43)c2)c1. The molecule has 0 amide bonds. The molecule has 2 aliphatic rings. The van der Waals surface area contributed by atoms with E-state index >= 15 is 0 Å². The fraction of sp³-hybridized carbons (Fsp3) is 0.0784. The molecule has 1 nitrogen and oxygen atoms in total. The molecule has 0 saturated heterocycles. The molecule has 0 unspecified atom stereocenters. The molecule has 0 atom stereocenters. The van der Waals surface area contributed by atoms with Crippen molar-refractivity contribution in [2.24, 2.45) is 0 Å². The van der Waals surface area contributed by atoms with Gasteiger partial charge in [-0.25, -0.2) is 4.98 Å². The topological polar surface area (TPSA) is 12.9 Å². The number of hydrogen-bond donors (Lipinski definition) is 0. The molecule has 10 rings (SSSR count). The summed E-state index contributed by atoms with van der Waals surface area (Å²) in [5, 5.41) is 0. The highest BCUT2D eigenvalue weighted by molar-refractivity contribution is 6.00.